The Bertz CT molecular complexity index is 1170. The summed E-state index contributed by atoms with van der Waals surface area (Å²) >= 11 is 6.05. The molecule has 0 aliphatic carbocycles. The molecule has 152 valence electrons. The molecule has 2 aromatic carbocycles. The Balaban J connectivity index is 1.35. The monoisotopic (exact) mass is 425 g/mol. The molecule has 0 saturated carbocycles. The summed E-state index contributed by atoms with van der Waals surface area (Å²) in [4.78, 5) is 12.4. The topological polar surface area (TPSA) is 74.0 Å². The number of benzene rings is 2. The number of halogens is 2. The van der Waals surface area contributed by atoms with Gasteiger partial charge < -0.3 is 10.1 Å². The highest BCUT2D eigenvalue weighted by atomic mass is 35.5. The van der Waals surface area contributed by atoms with Gasteiger partial charge in [-0.2, -0.15) is 10.2 Å². The lowest BCUT2D eigenvalue weighted by molar-refractivity contribution is 0.102. The van der Waals surface area contributed by atoms with Gasteiger partial charge >= 0.3 is 0 Å². The van der Waals surface area contributed by atoms with E-state index in [-0.39, 0.29) is 24.8 Å². The number of nitrogens with one attached hydrogen (secondary N) is 1. The maximum Gasteiger partial charge on any atom is 0.276 e. The molecule has 0 bridgehead atoms. The predicted octanol–water partition coefficient (Wildman–Crippen LogP) is 4.21. The number of hydrogen-bond acceptors (Lipinski definition) is 4. The molecule has 7 nitrogen and oxygen atoms in total. The summed E-state index contributed by atoms with van der Waals surface area (Å²) in [5.74, 6) is -0.164. The van der Waals surface area contributed by atoms with Crippen LogP contribution in [0.2, 0.25) is 5.02 Å². The van der Waals surface area contributed by atoms with E-state index in [0.717, 1.165) is 0 Å². The highest BCUT2D eigenvalue weighted by Gasteiger charge is 2.12. The molecule has 2 heterocycles. The minimum absolute atomic E-state index is 0.109. The van der Waals surface area contributed by atoms with Crippen molar-refractivity contribution in [3.8, 4) is 5.75 Å². The number of carbonyl (C=O) groups excluding carboxylic acids is 1. The predicted molar refractivity (Wildman–Crippen MR) is 110 cm³/mol. The van der Waals surface area contributed by atoms with Gasteiger partial charge in [-0.25, -0.2) is 9.07 Å². The first kappa shape index (κ1) is 19.7. The summed E-state index contributed by atoms with van der Waals surface area (Å²) in [6, 6.07) is 15.2. The van der Waals surface area contributed by atoms with Crippen molar-refractivity contribution >= 4 is 23.2 Å². The fourth-order valence-electron chi connectivity index (χ4n) is 2.76. The Morgan fingerprint density at radius 2 is 1.90 bits per heavy atom. The van der Waals surface area contributed by atoms with Gasteiger partial charge in [0.25, 0.3) is 5.91 Å². The van der Waals surface area contributed by atoms with Crippen LogP contribution in [0.1, 0.15) is 16.1 Å². The zero-order chi connectivity index (χ0) is 20.9. The molecular weight excluding hydrogens is 409 g/mol. The normalized spacial score (nSPS) is 10.7. The second-order valence-corrected chi connectivity index (χ2v) is 6.82. The van der Waals surface area contributed by atoms with Crippen molar-refractivity contribution in [3.05, 3.63) is 95.3 Å². The third-order valence-corrected chi connectivity index (χ3v) is 4.56. The van der Waals surface area contributed by atoms with E-state index in [2.05, 4.69) is 15.5 Å². The smallest absolute Gasteiger partial charge is 0.276 e. The van der Waals surface area contributed by atoms with Gasteiger partial charge in [-0.1, -0.05) is 41.9 Å². The number of aromatic nitrogens is 4. The third-order valence-electron chi connectivity index (χ3n) is 4.24. The van der Waals surface area contributed by atoms with Gasteiger partial charge in [0.05, 0.1) is 23.5 Å². The van der Waals surface area contributed by atoms with Crippen LogP contribution in [0, 0.1) is 5.82 Å². The number of rotatable bonds is 7. The van der Waals surface area contributed by atoms with Crippen LogP contribution in [0.4, 0.5) is 10.1 Å². The average Bonchev–Trinajstić information content (AvgIpc) is 3.39. The molecule has 4 rings (SSSR count). The maximum absolute atomic E-state index is 13.8. The molecule has 0 aliphatic rings. The van der Waals surface area contributed by atoms with Gasteiger partial charge in [0.1, 0.15) is 11.6 Å². The quantitative estimate of drug-likeness (QED) is 0.481. The number of ether oxygens (including phenoxy) is 1. The van der Waals surface area contributed by atoms with E-state index < -0.39 is 5.91 Å². The molecule has 0 saturated heterocycles. The second kappa shape index (κ2) is 8.79. The van der Waals surface area contributed by atoms with Crippen molar-refractivity contribution in [3.63, 3.8) is 0 Å². The number of amides is 1. The van der Waals surface area contributed by atoms with E-state index in [1.807, 2.05) is 12.1 Å². The third kappa shape index (κ3) is 4.66. The van der Waals surface area contributed by atoms with E-state index in [0.29, 0.717) is 22.0 Å². The van der Waals surface area contributed by atoms with Crippen LogP contribution >= 0.6 is 11.6 Å². The highest BCUT2D eigenvalue weighted by molar-refractivity contribution is 6.32. The minimum atomic E-state index is -0.392. The molecule has 0 aliphatic heterocycles. The Kier molecular flexibility index (Phi) is 5.76. The fourth-order valence-corrected chi connectivity index (χ4v) is 2.95. The Morgan fingerprint density at radius 3 is 2.73 bits per heavy atom. The van der Waals surface area contributed by atoms with Crippen molar-refractivity contribution in [2.24, 2.45) is 0 Å². The number of hydrogen-bond donors (Lipinski definition) is 1. The van der Waals surface area contributed by atoms with Crippen molar-refractivity contribution in [1.82, 2.24) is 19.6 Å². The lowest BCUT2D eigenvalue weighted by atomic mass is 10.2. The first-order valence-corrected chi connectivity index (χ1v) is 9.44. The molecule has 9 heteroatoms. The molecule has 0 unspecified atom stereocenters. The Hall–Kier alpha value is -3.65. The average molecular weight is 426 g/mol. The number of anilines is 1. The van der Waals surface area contributed by atoms with Crippen LogP contribution in [-0.4, -0.2) is 25.5 Å². The summed E-state index contributed by atoms with van der Waals surface area (Å²) in [6.45, 7) is 0.369. The van der Waals surface area contributed by atoms with E-state index in [1.165, 1.54) is 16.9 Å². The van der Waals surface area contributed by atoms with Crippen LogP contribution in [0.25, 0.3) is 0 Å². The van der Waals surface area contributed by atoms with Gasteiger partial charge in [0.15, 0.2) is 12.4 Å². The van der Waals surface area contributed by atoms with Crippen molar-refractivity contribution in [1.29, 1.82) is 0 Å². The Labute approximate surface area is 176 Å². The van der Waals surface area contributed by atoms with Gasteiger partial charge in [-0.05, 0) is 24.3 Å². The fraction of sp³-hybridized carbons (Fsp3) is 0.0952. The first-order valence-electron chi connectivity index (χ1n) is 9.06. The lowest BCUT2D eigenvalue weighted by Crippen LogP contribution is -2.14. The summed E-state index contributed by atoms with van der Waals surface area (Å²) in [5, 5.41) is 11.6. The molecular formula is C21H17ClFN5O2. The van der Waals surface area contributed by atoms with Crippen molar-refractivity contribution in [2.75, 3.05) is 5.32 Å². The summed E-state index contributed by atoms with van der Waals surface area (Å²) in [5.41, 5.74) is 1.22. The summed E-state index contributed by atoms with van der Waals surface area (Å²) in [7, 11) is 0. The first-order chi connectivity index (χ1) is 14.6. The van der Waals surface area contributed by atoms with Crippen LogP contribution in [-0.2, 0) is 13.3 Å². The van der Waals surface area contributed by atoms with E-state index in [9.17, 15) is 9.18 Å². The Morgan fingerprint density at radius 1 is 1.10 bits per heavy atom. The second-order valence-electron chi connectivity index (χ2n) is 6.42. The molecule has 1 amide bonds. The molecule has 0 radical (unpaired) electrons. The number of nitrogens with zero attached hydrogens (tertiary/aromatic N) is 4. The highest BCUT2D eigenvalue weighted by Crippen LogP contribution is 2.23. The molecule has 1 N–H and O–H groups in total. The van der Waals surface area contributed by atoms with Gasteiger partial charge in [-0.15, -0.1) is 0 Å². The van der Waals surface area contributed by atoms with E-state index in [1.54, 1.807) is 53.5 Å². The number of carbonyl (C=O) groups is 1. The molecule has 0 atom stereocenters. The van der Waals surface area contributed by atoms with Gasteiger partial charge in [0.2, 0.25) is 0 Å². The minimum Gasteiger partial charge on any atom is -0.470 e. The maximum atomic E-state index is 13.8. The van der Waals surface area contributed by atoms with Crippen LogP contribution in [0.5, 0.6) is 5.75 Å². The summed E-state index contributed by atoms with van der Waals surface area (Å²) in [6.07, 6.45) is 4.76. The number of para-hydroxylation sites is 1. The van der Waals surface area contributed by atoms with E-state index in [4.69, 9.17) is 16.3 Å². The van der Waals surface area contributed by atoms with Crippen molar-refractivity contribution < 1.29 is 13.9 Å². The molecule has 4 aromatic rings. The molecule has 30 heavy (non-hydrogen) atoms. The lowest BCUT2D eigenvalue weighted by Gasteiger charge is -2.07. The standard InChI is InChI=1S/C21H17ClFN5O2/c22-17-6-2-4-8-20(17)30-14-27-10-9-19(26-27)21(29)25-16-11-24-28(13-16)12-15-5-1-3-7-18(15)23/h1-11,13H,12,14H2,(H,25,29). The van der Waals surface area contributed by atoms with Gasteiger partial charge in [-0.3, -0.25) is 9.48 Å². The molecule has 2 aromatic heterocycles. The zero-order valence-corrected chi connectivity index (χ0v) is 16.5. The van der Waals surface area contributed by atoms with E-state index >= 15 is 0 Å². The van der Waals surface area contributed by atoms with Crippen LogP contribution in [0.3, 0.4) is 0 Å². The molecule has 0 fully saturated rings. The van der Waals surface area contributed by atoms with Crippen molar-refractivity contribution in [2.45, 2.75) is 13.3 Å². The molecule has 0 spiro atoms. The van der Waals surface area contributed by atoms with Gasteiger partial charge in [0, 0.05) is 18.0 Å². The summed E-state index contributed by atoms with van der Waals surface area (Å²) < 4.78 is 22.4. The largest absolute Gasteiger partial charge is 0.470 e. The zero-order valence-electron chi connectivity index (χ0n) is 15.7. The van der Waals surface area contributed by atoms with Crippen LogP contribution in [0.15, 0.2) is 73.2 Å². The van der Waals surface area contributed by atoms with Crippen LogP contribution < -0.4 is 10.1 Å². The SMILES string of the molecule is O=C(Nc1cnn(Cc2ccccc2F)c1)c1ccn(COc2ccccc2Cl)n1.